The van der Waals surface area contributed by atoms with Gasteiger partial charge in [0.05, 0.1) is 22.8 Å². The van der Waals surface area contributed by atoms with Crippen molar-refractivity contribution in [1.82, 2.24) is 9.97 Å². The second-order valence-electron chi connectivity index (χ2n) is 17.8. The molecule has 0 atom stereocenters. The number of benzene rings is 7. The van der Waals surface area contributed by atoms with Gasteiger partial charge in [-0.1, -0.05) is 184 Å². The summed E-state index contributed by atoms with van der Waals surface area (Å²) in [6, 6.07) is 62.8. The van der Waals surface area contributed by atoms with Gasteiger partial charge in [0, 0.05) is 33.1 Å². The fourth-order valence-corrected chi connectivity index (χ4v) is 11.9. The van der Waals surface area contributed by atoms with Crippen molar-refractivity contribution in [3.05, 3.63) is 192 Å². The lowest BCUT2D eigenvalue weighted by molar-refractivity contribution is 0.350. The van der Waals surface area contributed by atoms with Crippen LogP contribution in [0.25, 0.3) is 78.4 Å². The summed E-state index contributed by atoms with van der Waals surface area (Å²) in [5.74, 6) is 0. The molecule has 0 amide bonds. The molecule has 4 aliphatic rings. The first kappa shape index (κ1) is 35.6. The Bertz CT molecular complexity index is 2920. The average molecular weight is 773 g/mol. The molecule has 2 saturated carbocycles. The lowest BCUT2D eigenvalue weighted by atomic mass is 9.66. The van der Waals surface area contributed by atoms with Crippen LogP contribution in [0.4, 0.5) is 0 Å². The van der Waals surface area contributed by atoms with Crippen LogP contribution in [0, 0.1) is 0 Å². The molecule has 8 aromatic rings. The minimum Gasteiger partial charge on any atom is -0.243 e. The first-order chi connectivity index (χ1) is 29.7. The van der Waals surface area contributed by atoms with Crippen LogP contribution < -0.4 is 0 Å². The molecule has 0 N–H and O–H groups in total. The van der Waals surface area contributed by atoms with Crippen LogP contribution in [0.15, 0.2) is 170 Å². The number of hydrogen-bond acceptors (Lipinski definition) is 2. The maximum absolute atomic E-state index is 5.57. The molecular formula is C58H48N2. The number of aromatic nitrogens is 2. The van der Waals surface area contributed by atoms with Gasteiger partial charge >= 0.3 is 0 Å². The van der Waals surface area contributed by atoms with Gasteiger partial charge in [-0.3, -0.25) is 0 Å². The lowest BCUT2D eigenvalue weighted by Crippen LogP contribution is -2.29. The van der Waals surface area contributed by atoms with Crippen molar-refractivity contribution in [2.45, 2.75) is 75.0 Å². The van der Waals surface area contributed by atoms with Crippen LogP contribution in [0.1, 0.15) is 86.5 Å². The molecule has 1 aromatic heterocycles. The molecule has 12 rings (SSSR count). The molecule has 4 aliphatic carbocycles. The van der Waals surface area contributed by atoms with Gasteiger partial charge in [-0.2, -0.15) is 0 Å². The van der Waals surface area contributed by atoms with Crippen LogP contribution in [0.3, 0.4) is 0 Å². The molecule has 0 unspecified atom stereocenters. The van der Waals surface area contributed by atoms with E-state index in [1.807, 2.05) is 0 Å². The second-order valence-corrected chi connectivity index (χ2v) is 17.8. The first-order valence-electron chi connectivity index (χ1n) is 22.3. The van der Waals surface area contributed by atoms with Crippen LogP contribution in [0.2, 0.25) is 0 Å². The molecule has 60 heavy (non-hydrogen) atoms. The van der Waals surface area contributed by atoms with E-state index in [0.717, 1.165) is 45.0 Å². The smallest absolute Gasteiger partial charge is 0.0973 e. The van der Waals surface area contributed by atoms with E-state index in [2.05, 4.69) is 170 Å². The minimum atomic E-state index is 0.0874. The first-order valence-corrected chi connectivity index (χ1v) is 22.3. The Labute approximate surface area is 354 Å². The molecule has 0 aliphatic heterocycles. The van der Waals surface area contributed by atoms with E-state index < -0.39 is 0 Å². The summed E-state index contributed by atoms with van der Waals surface area (Å²) in [4.78, 5) is 11.1. The van der Waals surface area contributed by atoms with Crippen molar-refractivity contribution in [3.63, 3.8) is 0 Å². The Kier molecular flexibility index (Phi) is 8.37. The topological polar surface area (TPSA) is 25.8 Å². The van der Waals surface area contributed by atoms with Gasteiger partial charge in [0.15, 0.2) is 0 Å². The molecule has 7 aromatic carbocycles. The molecule has 0 bridgehead atoms. The number of hydrogen-bond donors (Lipinski definition) is 0. The van der Waals surface area contributed by atoms with Gasteiger partial charge < -0.3 is 0 Å². The zero-order valence-corrected chi connectivity index (χ0v) is 34.1. The summed E-state index contributed by atoms with van der Waals surface area (Å²) < 4.78 is 0. The van der Waals surface area contributed by atoms with E-state index in [1.54, 1.807) is 22.3 Å². The van der Waals surface area contributed by atoms with Crippen LogP contribution in [-0.4, -0.2) is 9.97 Å². The number of fused-ring (bicyclic) bond motifs is 10. The zero-order chi connectivity index (χ0) is 39.7. The van der Waals surface area contributed by atoms with E-state index in [4.69, 9.17) is 9.97 Å². The van der Waals surface area contributed by atoms with E-state index in [9.17, 15) is 0 Å². The summed E-state index contributed by atoms with van der Waals surface area (Å²) in [5, 5.41) is 0. The second kappa shape index (κ2) is 14.1. The molecule has 0 radical (unpaired) electrons. The predicted octanol–water partition coefficient (Wildman–Crippen LogP) is 15.3. The molecular weight excluding hydrogens is 725 g/mol. The average Bonchev–Trinajstić information content (AvgIpc) is 3.73. The Morgan fingerprint density at radius 2 is 0.667 bits per heavy atom. The molecule has 1 heterocycles. The number of nitrogens with zero attached hydrogens (tertiary/aromatic N) is 2. The van der Waals surface area contributed by atoms with Gasteiger partial charge in [0.25, 0.3) is 0 Å². The highest BCUT2D eigenvalue weighted by Gasteiger charge is 2.49. The Morgan fingerprint density at radius 1 is 0.267 bits per heavy atom. The van der Waals surface area contributed by atoms with Crippen LogP contribution in [-0.2, 0) is 10.8 Å². The molecule has 2 spiro atoms. The Hall–Kier alpha value is -6.38. The highest BCUT2D eigenvalue weighted by molar-refractivity contribution is 5.92. The summed E-state index contributed by atoms with van der Waals surface area (Å²) in [6.07, 6.45) is 12.9. The van der Waals surface area contributed by atoms with Crippen molar-refractivity contribution in [2.75, 3.05) is 0 Å². The summed E-state index contributed by atoms with van der Waals surface area (Å²) >= 11 is 0. The fourth-order valence-electron chi connectivity index (χ4n) is 11.9. The predicted molar refractivity (Wildman–Crippen MR) is 248 cm³/mol. The molecule has 2 fully saturated rings. The highest BCUT2D eigenvalue weighted by atomic mass is 14.9. The SMILES string of the molecule is c1ccc(-c2nc(-c3ccccc3)c(-c3cccc(-c4ccc5c(c4)-c4cc6c(cc4C54CCCCC4)-c4ccccc4C64CCCCC4)c3)nc2-c2ccccc2)cc1. The maximum Gasteiger partial charge on any atom is 0.0973 e. The lowest BCUT2D eigenvalue weighted by Gasteiger charge is -2.37. The normalized spacial score (nSPS) is 16.6. The van der Waals surface area contributed by atoms with E-state index in [-0.39, 0.29) is 10.8 Å². The highest BCUT2D eigenvalue weighted by Crippen LogP contribution is 2.62. The molecule has 0 saturated heterocycles. The zero-order valence-electron chi connectivity index (χ0n) is 34.1. The van der Waals surface area contributed by atoms with Gasteiger partial charge in [0.2, 0.25) is 0 Å². The molecule has 290 valence electrons. The largest absolute Gasteiger partial charge is 0.243 e. The molecule has 2 heteroatoms. The quantitative estimate of drug-likeness (QED) is 0.174. The van der Waals surface area contributed by atoms with Crippen LogP contribution in [0.5, 0.6) is 0 Å². The van der Waals surface area contributed by atoms with E-state index in [1.165, 1.54) is 97.6 Å². The summed E-state index contributed by atoms with van der Waals surface area (Å²) in [7, 11) is 0. The van der Waals surface area contributed by atoms with Crippen molar-refractivity contribution in [3.8, 4) is 78.4 Å². The third kappa shape index (κ3) is 5.46. The summed E-state index contributed by atoms with van der Waals surface area (Å²) in [5.41, 5.74) is 22.7. The Balaban J connectivity index is 1.03. The monoisotopic (exact) mass is 772 g/mol. The van der Waals surface area contributed by atoms with E-state index in [0.29, 0.717) is 0 Å². The van der Waals surface area contributed by atoms with Crippen molar-refractivity contribution < 1.29 is 0 Å². The molecule has 2 nitrogen and oxygen atoms in total. The van der Waals surface area contributed by atoms with Crippen molar-refractivity contribution >= 4 is 0 Å². The standard InChI is InChI=1S/C58H48N2/c1-6-19-39(20-7-1)53-54(40-21-8-2-9-22-40)60-56(55(59-53)41-23-10-3-11-24-41)44-26-18-25-42(35-44)43-29-30-50-46(36-43)48-38-51-47(37-52(48)58(50)33-16-5-17-34-58)45-27-12-13-28-49(45)57(51)31-14-4-15-32-57/h1-3,6-13,18-30,35-38H,4-5,14-17,31-34H2. The van der Waals surface area contributed by atoms with Gasteiger partial charge in [-0.15, -0.1) is 0 Å². The van der Waals surface area contributed by atoms with Gasteiger partial charge in [0.1, 0.15) is 0 Å². The fraction of sp³-hybridized carbons (Fsp3) is 0.207. The number of rotatable bonds is 5. The maximum atomic E-state index is 5.57. The van der Waals surface area contributed by atoms with Crippen molar-refractivity contribution in [1.29, 1.82) is 0 Å². The third-order valence-electron chi connectivity index (χ3n) is 14.7. The van der Waals surface area contributed by atoms with Gasteiger partial charge in [-0.25, -0.2) is 9.97 Å². The third-order valence-corrected chi connectivity index (χ3v) is 14.7. The van der Waals surface area contributed by atoms with Crippen LogP contribution >= 0.6 is 0 Å². The van der Waals surface area contributed by atoms with E-state index >= 15 is 0 Å². The summed E-state index contributed by atoms with van der Waals surface area (Å²) in [6.45, 7) is 0. The van der Waals surface area contributed by atoms with Crippen molar-refractivity contribution in [2.24, 2.45) is 0 Å². The minimum absolute atomic E-state index is 0.0874. The Morgan fingerprint density at radius 3 is 1.22 bits per heavy atom. The van der Waals surface area contributed by atoms with Gasteiger partial charge in [-0.05, 0) is 106 Å².